The third-order valence-electron chi connectivity index (χ3n) is 1.85. The highest BCUT2D eigenvalue weighted by Crippen LogP contribution is 2.21. The number of para-hydroxylation sites is 1. The van der Waals surface area contributed by atoms with Gasteiger partial charge in [-0.2, -0.15) is 0 Å². The standard InChI is InChI=1S/C9H11NO3/c10-8-4-2-1-3-6(8)7(5-11)9(12)13/h1-4,7,11H,5,10H2,(H,12,13). The van der Waals surface area contributed by atoms with Crippen molar-refractivity contribution in [3.8, 4) is 0 Å². The largest absolute Gasteiger partial charge is 0.481 e. The van der Waals surface area contributed by atoms with E-state index in [4.69, 9.17) is 15.9 Å². The van der Waals surface area contributed by atoms with E-state index in [1.54, 1.807) is 24.3 Å². The maximum absolute atomic E-state index is 10.7. The Kier molecular flexibility index (Phi) is 2.87. The summed E-state index contributed by atoms with van der Waals surface area (Å²) in [4.78, 5) is 10.7. The van der Waals surface area contributed by atoms with E-state index in [1.165, 1.54) is 0 Å². The zero-order valence-corrected chi connectivity index (χ0v) is 6.97. The van der Waals surface area contributed by atoms with Crippen LogP contribution in [0.15, 0.2) is 24.3 Å². The number of benzene rings is 1. The van der Waals surface area contributed by atoms with Gasteiger partial charge in [0.25, 0.3) is 0 Å². The van der Waals surface area contributed by atoms with E-state index in [0.717, 1.165) is 0 Å². The van der Waals surface area contributed by atoms with Crippen LogP contribution >= 0.6 is 0 Å². The maximum Gasteiger partial charge on any atom is 0.313 e. The molecule has 0 saturated carbocycles. The number of carbonyl (C=O) groups is 1. The summed E-state index contributed by atoms with van der Waals surface area (Å²) in [5.41, 5.74) is 6.41. The van der Waals surface area contributed by atoms with E-state index >= 15 is 0 Å². The Morgan fingerprint density at radius 1 is 1.46 bits per heavy atom. The average Bonchev–Trinajstić information content (AvgIpc) is 2.09. The van der Waals surface area contributed by atoms with Gasteiger partial charge in [0.05, 0.1) is 6.61 Å². The molecule has 0 bridgehead atoms. The number of nitrogen functional groups attached to an aromatic ring is 1. The highest BCUT2D eigenvalue weighted by atomic mass is 16.4. The first-order chi connectivity index (χ1) is 6.16. The van der Waals surface area contributed by atoms with Crippen LogP contribution in [0, 0.1) is 0 Å². The molecule has 0 aliphatic heterocycles. The van der Waals surface area contributed by atoms with Gasteiger partial charge >= 0.3 is 5.97 Å². The molecule has 1 rings (SSSR count). The number of rotatable bonds is 3. The van der Waals surface area contributed by atoms with Crippen molar-refractivity contribution in [2.24, 2.45) is 0 Å². The van der Waals surface area contributed by atoms with Gasteiger partial charge in [-0.3, -0.25) is 4.79 Å². The molecule has 0 aliphatic rings. The van der Waals surface area contributed by atoms with Crippen molar-refractivity contribution in [1.29, 1.82) is 0 Å². The van der Waals surface area contributed by atoms with Crippen molar-refractivity contribution < 1.29 is 15.0 Å². The summed E-state index contributed by atoms with van der Waals surface area (Å²) >= 11 is 0. The van der Waals surface area contributed by atoms with Crippen LogP contribution in [-0.4, -0.2) is 22.8 Å². The van der Waals surface area contributed by atoms with E-state index in [1.807, 2.05) is 0 Å². The Hall–Kier alpha value is -1.55. The molecule has 1 aromatic rings. The molecule has 0 aliphatic carbocycles. The molecule has 70 valence electrons. The van der Waals surface area contributed by atoms with Gasteiger partial charge in [-0.05, 0) is 11.6 Å². The normalized spacial score (nSPS) is 12.4. The Balaban J connectivity index is 3.04. The van der Waals surface area contributed by atoms with Crippen LogP contribution in [0.2, 0.25) is 0 Å². The van der Waals surface area contributed by atoms with E-state index in [9.17, 15) is 4.79 Å². The van der Waals surface area contributed by atoms with Crippen LogP contribution in [0.3, 0.4) is 0 Å². The van der Waals surface area contributed by atoms with Gasteiger partial charge in [0.1, 0.15) is 5.92 Å². The summed E-state index contributed by atoms with van der Waals surface area (Å²) in [6.07, 6.45) is 0. The van der Waals surface area contributed by atoms with E-state index < -0.39 is 18.5 Å². The van der Waals surface area contributed by atoms with Gasteiger partial charge < -0.3 is 15.9 Å². The highest BCUT2D eigenvalue weighted by Gasteiger charge is 2.20. The summed E-state index contributed by atoms with van der Waals surface area (Å²) in [5.74, 6) is -2.00. The van der Waals surface area contributed by atoms with Gasteiger partial charge in [-0.1, -0.05) is 18.2 Å². The lowest BCUT2D eigenvalue weighted by Crippen LogP contribution is -2.16. The molecule has 4 nitrogen and oxygen atoms in total. The third-order valence-corrected chi connectivity index (χ3v) is 1.85. The summed E-state index contributed by atoms with van der Waals surface area (Å²) in [5, 5.41) is 17.6. The lowest BCUT2D eigenvalue weighted by molar-refractivity contribution is -0.139. The summed E-state index contributed by atoms with van der Waals surface area (Å²) in [6, 6.07) is 6.62. The molecule has 0 amide bonds. The predicted octanol–water partition coefficient (Wildman–Crippen LogP) is 0.429. The average molecular weight is 181 g/mol. The van der Waals surface area contributed by atoms with Crippen LogP contribution < -0.4 is 5.73 Å². The molecule has 0 saturated heterocycles. The second-order valence-electron chi connectivity index (χ2n) is 2.70. The van der Waals surface area contributed by atoms with Gasteiger partial charge in [-0.15, -0.1) is 0 Å². The number of nitrogens with two attached hydrogens (primary N) is 1. The van der Waals surface area contributed by atoms with Crippen molar-refractivity contribution in [2.45, 2.75) is 5.92 Å². The smallest absolute Gasteiger partial charge is 0.313 e. The number of aliphatic hydroxyl groups excluding tert-OH is 1. The first kappa shape index (κ1) is 9.54. The minimum absolute atomic E-state index is 0.393. The summed E-state index contributed by atoms with van der Waals surface area (Å²) in [7, 11) is 0. The van der Waals surface area contributed by atoms with Crippen LogP contribution in [-0.2, 0) is 4.79 Å². The molecular formula is C9H11NO3. The molecule has 13 heavy (non-hydrogen) atoms. The lowest BCUT2D eigenvalue weighted by atomic mass is 9.99. The number of aliphatic carboxylic acids is 1. The molecule has 0 spiro atoms. The molecule has 0 aromatic heterocycles. The fraction of sp³-hybridized carbons (Fsp3) is 0.222. The Labute approximate surface area is 75.6 Å². The van der Waals surface area contributed by atoms with Crippen molar-refractivity contribution in [1.82, 2.24) is 0 Å². The lowest BCUT2D eigenvalue weighted by Gasteiger charge is -2.11. The maximum atomic E-state index is 10.7. The van der Waals surface area contributed by atoms with Crippen LogP contribution in [0.1, 0.15) is 11.5 Å². The van der Waals surface area contributed by atoms with E-state index in [0.29, 0.717) is 11.3 Å². The van der Waals surface area contributed by atoms with Crippen molar-refractivity contribution in [3.63, 3.8) is 0 Å². The zero-order valence-electron chi connectivity index (χ0n) is 6.97. The van der Waals surface area contributed by atoms with Crippen LogP contribution in [0.4, 0.5) is 5.69 Å². The molecule has 0 radical (unpaired) electrons. The third kappa shape index (κ3) is 1.97. The van der Waals surface area contributed by atoms with Crippen molar-refractivity contribution in [3.05, 3.63) is 29.8 Å². The second kappa shape index (κ2) is 3.91. The van der Waals surface area contributed by atoms with E-state index in [-0.39, 0.29) is 0 Å². The number of anilines is 1. The number of carboxylic acid groups (broad SMARTS) is 1. The second-order valence-corrected chi connectivity index (χ2v) is 2.70. The van der Waals surface area contributed by atoms with Gasteiger partial charge in [-0.25, -0.2) is 0 Å². The number of aliphatic hydroxyl groups is 1. The Morgan fingerprint density at radius 2 is 2.08 bits per heavy atom. The van der Waals surface area contributed by atoms with Gasteiger partial charge in [0.15, 0.2) is 0 Å². The van der Waals surface area contributed by atoms with Gasteiger partial charge in [0, 0.05) is 5.69 Å². The molecule has 1 unspecified atom stereocenters. The number of hydrogen-bond donors (Lipinski definition) is 3. The van der Waals surface area contributed by atoms with Crippen LogP contribution in [0.5, 0.6) is 0 Å². The van der Waals surface area contributed by atoms with Crippen LogP contribution in [0.25, 0.3) is 0 Å². The molecule has 0 heterocycles. The predicted molar refractivity (Wildman–Crippen MR) is 48.3 cm³/mol. The monoisotopic (exact) mass is 181 g/mol. The minimum atomic E-state index is -1.07. The Morgan fingerprint density at radius 3 is 2.54 bits per heavy atom. The summed E-state index contributed by atoms with van der Waals surface area (Å²) in [6.45, 7) is -0.441. The molecular weight excluding hydrogens is 170 g/mol. The molecule has 1 atom stereocenters. The fourth-order valence-corrected chi connectivity index (χ4v) is 1.14. The van der Waals surface area contributed by atoms with Gasteiger partial charge in [0.2, 0.25) is 0 Å². The Bertz CT molecular complexity index is 311. The number of hydrogen-bond acceptors (Lipinski definition) is 3. The minimum Gasteiger partial charge on any atom is -0.481 e. The zero-order chi connectivity index (χ0) is 9.84. The SMILES string of the molecule is Nc1ccccc1C(CO)C(=O)O. The molecule has 4 N–H and O–H groups in total. The fourth-order valence-electron chi connectivity index (χ4n) is 1.14. The first-order valence-corrected chi connectivity index (χ1v) is 3.85. The highest BCUT2D eigenvalue weighted by molar-refractivity contribution is 5.78. The van der Waals surface area contributed by atoms with Crippen molar-refractivity contribution >= 4 is 11.7 Å². The van der Waals surface area contributed by atoms with E-state index in [2.05, 4.69) is 0 Å². The first-order valence-electron chi connectivity index (χ1n) is 3.85. The topological polar surface area (TPSA) is 83.5 Å². The molecule has 0 fully saturated rings. The molecule has 4 heteroatoms. The number of carboxylic acids is 1. The summed E-state index contributed by atoms with van der Waals surface area (Å²) < 4.78 is 0. The van der Waals surface area contributed by atoms with Crippen molar-refractivity contribution in [2.75, 3.05) is 12.3 Å². The molecule has 1 aromatic carbocycles. The quantitative estimate of drug-likeness (QED) is 0.590.